The maximum absolute atomic E-state index is 5.66. The molecule has 0 N–H and O–H groups in total. The minimum Gasteiger partial charge on any atom is -0.465 e. The van der Waals surface area contributed by atoms with Crippen molar-refractivity contribution < 1.29 is 9.47 Å². The van der Waals surface area contributed by atoms with Gasteiger partial charge in [0, 0.05) is 7.11 Å². The zero-order valence-corrected chi connectivity index (χ0v) is 15.0. The summed E-state index contributed by atoms with van der Waals surface area (Å²) >= 11 is 0. The molecule has 1 aromatic carbocycles. The summed E-state index contributed by atoms with van der Waals surface area (Å²) in [6, 6.07) is 8.48. The molecule has 2 unspecified atom stereocenters. The Balaban J connectivity index is 2.94. The Morgan fingerprint density at radius 2 is 1.48 bits per heavy atom. The normalized spacial score (nSPS) is 15.6. The van der Waals surface area contributed by atoms with Crippen molar-refractivity contribution in [1.82, 2.24) is 0 Å². The fourth-order valence-electron chi connectivity index (χ4n) is 2.55. The van der Waals surface area contributed by atoms with E-state index >= 15 is 0 Å². The summed E-state index contributed by atoms with van der Waals surface area (Å²) in [5.41, 5.74) is 1.95. The minimum absolute atomic E-state index is 0.219. The van der Waals surface area contributed by atoms with Crippen LogP contribution in [0.3, 0.4) is 0 Å². The van der Waals surface area contributed by atoms with E-state index in [1.807, 2.05) is 19.1 Å². The third kappa shape index (κ3) is 6.09. The molecule has 0 aromatic heterocycles. The lowest BCUT2D eigenvalue weighted by molar-refractivity contribution is -0.0382. The second-order valence-electron chi connectivity index (χ2n) is 8.17. The first-order chi connectivity index (χ1) is 9.53. The fourth-order valence-corrected chi connectivity index (χ4v) is 2.55. The van der Waals surface area contributed by atoms with Gasteiger partial charge >= 0.3 is 0 Å². The van der Waals surface area contributed by atoms with Crippen molar-refractivity contribution in [3.63, 3.8) is 0 Å². The molecular weight excluding hydrogens is 260 g/mol. The van der Waals surface area contributed by atoms with Gasteiger partial charge in [0.15, 0.2) is 6.29 Å². The van der Waals surface area contributed by atoms with Crippen molar-refractivity contribution in [1.29, 1.82) is 0 Å². The first-order valence-corrected chi connectivity index (χ1v) is 7.82. The molecule has 1 rings (SSSR count). The standard InChI is InChI=1S/C19H32O2/c1-14(20-8)21-16-11-9-15(10-12-16)17(19(5,6)7)13-18(2,3)4/h9-12,14,17H,13H2,1-8H3. The molecule has 0 spiro atoms. The fraction of sp³-hybridized carbons (Fsp3) is 0.684. The summed E-state index contributed by atoms with van der Waals surface area (Å²) in [5.74, 6) is 1.39. The molecule has 2 nitrogen and oxygen atoms in total. The van der Waals surface area contributed by atoms with E-state index in [1.54, 1.807) is 7.11 Å². The molecule has 21 heavy (non-hydrogen) atoms. The van der Waals surface area contributed by atoms with Crippen LogP contribution in [-0.2, 0) is 4.74 Å². The predicted octanol–water partition coefficient (Wildman–Crippen LogP) is 5.62. The molecule has 0 amide bonds. The zero-order chi connectivity index (χ0) is 16.3. The molecule has 0 aliphatic carbocycles. The Bertz CT molecular complexity index is 420. The first kappa shape index (κ1) is 18.0. The van der Waals surface area contributed by atoms with Gasteiger partial charge in [0.05, 0.1) is 0 Å². The average Bonchev–Trinajstić information content (AvgIpc) is 2.34. The SMILES string of the molecule is COC(C)Oc1ccc(C(CC(C)(C)C)C(C)(C)C)cc1. The summed E-state index contributed by atoms with van der Waals surface area (Å²) in [4.78, 5) is 0. The van der Waals surface area contributed by atoms with Gasteiger partial charge in [-0.15, -0.1) is 0 Å². The van der Waals surface area contributed by atoms with Gasteiger partial charge in [-0.05, 0) is 47.8 Å². The van der Waals surface area contributed by atoms with Crippen LogP contribution in [0.15, 0.2) is 24.3 Å². The summed E-state index contributed by atoms with van der Waals surface area (Å²) in [5, 5.41) is 0. The van der Waals surface area contributed by atoms with Crippen LogP contribution in [0.25, 0.3) is 0 Å². The molecule has 0 radical (unpaired) electrons. The topological polar surface area (TPSA) is 18.5 Å². The summed E-state index contributed by atoms with van der Waals surface area (Å²) in [6.45, 7) is 15.8. The maximum atomic E-state index is 5.66. The highest BCUT2D eigenvalue weighted by Gasteiger charge is 2.30. The van der Waals surface area contributed by atoms with Gasteiger partial charge < -0.3 is 9.47 Å². The highest BCUT2D eigenvalue weighted by atomic mass is 16.7. The molecule has 120 valence electrons. The largest absolute Gasteiger partial charge is 0.465 e. The summed E-state index contributed by atoms with van der Waals surface area (Å²) in [6.07, 6.45) is 0.953. The molecule has 2 heteroatoms. The van der Waals surface area contributed by atoms with E-state index < -0.39 is 0 Å². The van der Waals surface area contributed by atoms with E-state index in [1.165, 1.54) is 12.0 Å². The Morgan fingerprint density at radius 1 is 0.952 bits per heavy atom. The van der Waals surface area contributed by atoms with Gasteiger partial charge in [-0.1, -0.05) is 53.7 Å². The molecular formula is C19H32O2. The van der Waals surface area contributed by atoms with Crippen LogP contribution in [0.2, 0.25) is 0 Å². The van der Waals surface area contributed by atoms with Crippen molar-refractivity contribution in [2.75, 3.05) is 7.11 Å². The molecule has 0 heterocycles. The summed E-state index contributed by atoms with van der Waals surface area (Å²) in [7, 11) is 1.65. The van der Waals surface area contributed by atoms with E-state index in [4.69, 9.17) is 9.47 Å². The molecule has 2 atom stereocenters. The van der Waals surface area contributed by atoms with E-state index in [0.717, 1.165) is 5.75 Å². The number of methoxy groups -OCH3 is 1. The lowest BCUT2D eigenvalue weighted by Gasteiger charge is -2.36. The van der Waals surface area contributed by atoms with E-state index in [2.05, 4.69) is 53.7 Å². The quantitative estimate of drug-likeness (QED) is 0.655. The van der Waals surface area contributed by atoms with Crippen LogP contribution in [0, 0.1) is 10.8 Å². The predicted molar refractivity (Wildman–Crippen MR) is 89.8 cm³/mol. The number of hydrogen-bond acceptors (Lipinski definition) is 2. The Labute approximate surface area is 130 Å². The Morgan fingerprint density at radius 3 is 1.86 bits per heavy atom. The molecule has 0 saturated heterocycles. The second-order valence-corrected chi connectivity index (χ2v) is 8.17. The van der Waals surface area contributed by atoms with Gasteiger partial charge in [-0.25, -0.2) is 0 Å². The minimum atomic E-state index is -0.219. The number of hydrogen-bond donors (Lipinski definition) is 0. The maximum Gasteiger partial charge on any atom is 0.196 e. The molecule has 0 aliphatic heterocycles. The molecule has 0 fully saturated rings. The van der Waals surface area contributed by atoms with Crippen molar-refractivity contribution in [2.45, 2.75) is 67.1 Å². The monoisotopic (exact) mass is 292 g/mol. The smallest absolute Gasteiger partial charge is 0.196 e. The van der Waals surface area contributed by atoms with Gasteiger partial charge in [-0.3, -0.25) is 0 Å². The third-order valence-electron chi connectivity index (χ3n) is 3.78. The molecule has 0 bridgehead atoms. The Kier molecular flexibility index (Phi) is 5.86. The third-order valence-corrected chi connectivity index (χ3v) is 3.78. The van der Waals surface area contributed by atoms with Gasteiger partial charge in [0.1, 0.15) is 5.75 Å². The van der Waals surface area contributed by atoms with Crippen molar-refractivity contribution in [2.24, 2.45) is 10.8 Å². The number of rotatable bonds is 5. The van der Waals surface area contributed by atoms with Gasteiger partial charge in [0.25, 0.3) is 0 Å². The highest BCUT2D eigenvalue weighted by Crippen LogP contribution is 2.43. The van der Waals surface area contributed by atoms with Crippen LogP contribution in [0.5, 0.6) is 5.75 Å². The van der Waals surface area contributed by atoms with Crippen molar-refractivity contribution in [3.05, 3.63) is 29.8 Å². The lowest BCUT2D eigenvalue weighted by atomic mass is 9.69. The van der Waals surface area contributed by atoms with Crippen LogP contribution in [0.4, 0.5) is 0 Å². The van der Waals surface area contributed by atoms with Gasteiger partial charge in [-0.2, -0.15) is 0 Å². The van der Waals surface area contributed by atoms with Crippen LogP contribution < -0.4 is 4.74 Å². The molecule has 0 saturated carbocycles. The zero-order valence-electron chi connectivity index (χ0n) is 15.0. The number of benzene rings is 1. The van der Waals surface area contributed by atoms with Crippen LogP contribution in [-0.4, -0.2) is 13.4 Å². The van der Waals surface area contributed by atoms with E-state index in [9.17, 15) is 0 Å². The summed E-state index contributed by atoms with van der Waals surface area (Å²) < 4.78 is 10.8. The van der Waals surface area contributed by atoms with Crippen LogP contribution in [0.1, 0.15) is 66.4 Å². The Hall–Kier alpha value is -1.02. The lowest BCUT2D eigenvalue weighted by Crippen LogP contribution is -2.23. The average molecular weight is 292 g/mol. The molecule has 0 aliphatic rings. The van der Waals surface area contributed by atoms with Crippen molar-refractivity contribution in [3.8, 4) is 5.75 Å². The van der Waals surface area contributed by atoms with Crippen LogP contribution >= 0.6 is 0 Å². The highest BCUT2D eigenvalue weighted by molar-refractivity contribution is 5.30. The number of ether oxygens (including phenoxy) is 2. The first-order valence-electron chi connectivity index (χ1n) is 7.82. The molecule has 1 aromatic rings. The van der Waals surface area contributed by atoms with Crippen molar-refractivity contribution >= 4 is 0 Å². The van der Waals surface area contributed by atoms with Gasteiger partial charge in [0.2, 0.25) is 0 Å². The second kappa shape index (κ2) is 6.83. The van der Waals surface area contributed by atoms with E-state index in [-0.39, 0.29) is 11.7 Å². The van der Waals surface area contributed by atoms with E-state index in [0.29, 0.717) is 11.3 Å².